The molecule has 1 fully saturated rings. The van der Waals surface area contributed by atoms with Crippen molar-refractivity contribution in [2.45, 2.75) is 6.54 Å². The summed E-state index contributed by atoms with van der Waals surface area (Å²) in [5.74, 6) is -0.786. The average molecular weight is 468 g/mol. The Hall–Kier alpha value is -2.62. The number of nitrogens with one attached hydrogen (secondary N) is 1. The van der Waals surface area contributed by atoms with Gasteiger partial charge in [0.05, 0.1) is 17.2 Å². The number of benzene rings is 2. The van der Waals surface area contributed by atoms with Crippen molar-refractivity contribution in [3.63, 3.8) is 0 Å². The maximum absolute atomic E-state index is 13.8. The minimum Gasteiger partial charge on any atom is -0.504 e. The topological polar surface area (TPSA) is 78.9 Å². The highest BCUT2D eigenvalue weighted by atomic mass is 127. The molecule has 0 saturated carbocycles. The highest BCUT2D eigenvalue weighted by molar-refractivity contribution is 14.1. The lowest BCUT2D eigenvalue weighted by molar-refractivity contribution is -0.123. The molecule has 2 aromatic carbocycles. The number of ether oxygens (including phenoxy) is 1. The van der Waals surface area contributed by atoms with Crippen LogP contribution in [0.5, 0.6) is 11.5 Å². The first kappa shape index (κ1) is 18.2. The lowest BCUT2D eigenvalue weighted by Crippen LogP contribution is -2.30. The Morgan fingerprint density at radius 2 is 2.04 bits per heavy atom. The van der Waals surface area contributed by atoms with Crippen LogP contribution in [0.3, 0.4) is 0 Å². The fourth-order valence-electron chi connectivity index (χ4n) is 2.51. The molecule has 2 aromatic rings. The number of nitrogens with zero attached hydrogens (tertiary/aromatic N) is 1. The molecule has 0 radical (unpaired) electrons. The van der Waals surface area contributed by atoms with Gasteiger partial charge in [-0.3, -0.25) is 9.69 Å². The number of carbonyl (C=O) groups excluding carboxylic acids is 2. The van der Waals surface area contributed by atoms with E-state index in [1.165, 1.54) is 31.4 Å². The van der Waals surface area contributed by atoms with Gasteiger partial charge in [-0.25, -0.2) is 9.18 Å². The van der Waals surface area contributed by atoms with Gasteiger partial charge in [0, 0.05) is 5.56 Å². The molecular formula is C18H14FIN2O4. The summed E-state index contributed by atoms with van der Waals surface area (Å²) >= 11 is 1.93. The molecule has 3 amide bonds. The molecule has 0 unspecified atom stereocenters. The van der Waals surface area contributed by atoms with Crippen molar-refractivity contribution >= 4 is 40.6 Å². The Bertz CT molecular complexity index is 929. The molecule has 0 aromatic heterocycles. The molecule has 1 aliphatic heterocycles. The molecule has 3 rings (SSSR count). The Labute approximate surface area is 162 Å². The summed E-state index contributed by atoms with van der Waals surface area (Å²) in [6, 6.07) is 8.53. The van der Waals surface area contributed by atoms with Crippen molar-refractivity contribution in [3.8, 4) is 11.5 Å². The number of urea groups is 1. The quantitative estimate of drug-likeness (QED) is 0.411. The SMILES string of the molecule is COc1cc(/C=C2/NC(=O)N(Cc3ccccc3F)C2=O)cc(I)c1O. The van der Waals surface area contributed by atoms with Gasteiger partial charge in [-0.15, -0.1) is 0 Å². The van der Waals surface area contributed by atoms with Crippen molar-refractivity contribution in [1.82, 2.24) is 10.2 Å². The van der Waals surface area contributed by atoms with Crippen LogP contribution in [-0.2, 0) is 11.3 Å². The second-order valence-electron chi connectivity index (χ2n) is 5.52. The average Bonchev–Trinajstić information content (AvgIpc) is 2.87. The van der Waals surface area contributed by atoms with Crippen molar-refractivity contribution in [1.29, 1.82) is 0 Å². The van der Waals surface area contributed by atoms with Crippen molar-refractivity contribution in [2.24, 2.45) is 0 Å². The van der Waals surface area contributed by atoms with Crippen molar-refractivity contribution in [2.75, 3.05) is 7.11 Å². The van der Waals surface area contributed by atoms with Crippen LogP contribution in [0.15, 0.2) is 42.1 Å². The van der Waals surface area contributed by atoms with E-state index in [1.807, 2.05) is 22.6 Å². The van der Waals surface area contributed by atoms with Gasteiger partial charge >= 0.3 is 6.03 Å². The minimum absolute atomic E-state index is 0.00165. The van der Waals surface area contributed by atoms with Gasteiger partial charge in [0.1, 0.15) is 11.5 Å². The van der Waals surface area contributed by atoms with Crippen LogP contribution in [0, 0.1) is 9.39 Å². The van der Waals surface area contributed by atoms with E-state index in [2.05, 4.69) is 5.32 Å². The van der Waals surface area contributed by atoms with E-state index < -0.39 is 17.8 Å². The number of phenols is 1. The lowest BCUT2D eigenvalue weighted by atomic mass is 10.1. The van der Waals surface area contributed by atoms with Crippen LogP contribution in [0.1, 0.15) is 11.1 Å². The zero-order valence-electron chi connectivity index (χ0n) is 13.6. The van der Waals surface area contributed by atoms with Crippen LogP contribution in [0.2, 0.25) is 0 Å². The smallest absolute Gasteiger partial charge is 0.329 e. The van der Waals surface area contributed by atoms with E-state index in [0.29, 0.717) is 9.13 Å². The molecule has 6 nitrogen and oxygen atoms in total. The van der Waals surface area contributed by atoms with Gasteiger partial charge in [0.15, 0.2) is 11.5 Å². The third-order valence-corrected chi connectivity index (χ3v) is 4.65. The first-order valence-corrected chi connectivity index (χ1v) is 8.63. The zero-order valence-corrected chi connectivity index (χ0v) is 15.8. The molecule has 0 spiro atoms. The van der Waals surface area contributed by atoms with Crippen LogP contribution in [0.4, 0.5) is 9.18 Å². The summed E-state index contributed by atoms with van der Waals surface area (Å²) in [6.07, 6.45) is 1.48. The van der Waals surface area contributed by atoms with E-state index in [4.69, 9.17) is 4.74 Å². The fraction of sp³-hybridized carbons (Fsp3) is 0.111. The summed E-state index contributed by atoms with van der Waals surface area (Å²) < 4.78 is 19.4. The maximum Gasteiger partial charge on any atom is 0.329 e. The fourth-order valence-corrected chi connectivity index (χ4v) is 3.14. The molecular weight excluding hydrogens is 454 g/mol. The molecule has 8 heteroatoms. The van der Waals surface area contributed by atoms with Gasteiger partial charge in [-0.1, -0.05) is 18.2 Å². The minimum atomic E-state index is -0.620. The Morgan fingerprint density at radius 1 is 1.31 bits per heavy atom. The Kier molecular flexibility index (Phi) is 5.12. The van der Waals surface area contributed by atoms with Gasteiger partial charge < -0.3 is 15.2 Å². The number of hydrogen-bond acceptors (Lipinski definition) is 4. The summed E-state index contributed by atoms with van der Waals surface area (Å²) in [7, 11) is 1.42. The predicted molar refractivity (Wildman–Crippen MR) is 101 cm³/mol. The highest BCUT2D eigenvalue weighted by Crippen LogP contribution is 2.33. The second kappa shape index (κ2) is 7.32. The first-order chi connectivity index (χ1) is 12.4. The van der Waals surface area contributed by atoms with E-state index in [-0.39, 0.29) is 29.3 Å². The number of imide groups is 1. The van der Waals surface area contributed by atoms with Crippen LogP contribution in [-0.4, -0.2) is 29.1 Å². The predicted octanol–water partition coefficient (Wildman–Crippen LogP) is 3.24. The Morgan fingerprint density at radius 3 is 2.73 bits per heavy atom. The molecule has 26 heavy (non-hydrogen) atoms. The van der Waals surface area contributed by atoms with Gasteiger partial charge in [-0.2, -0.15) is 0 Å². The number of amides is 3. The number of aromatic hydroxyl groups is 1. The molecule has 1 saturated heterocycles. The van der Waals surface area contributed by atoms with Crippen molar-refractivity contribution < 1.29 is 23.8 Å². The largest absolute Gasteiger partial charge is 0.504 e. The first-order valence-electron chi connectivity index (χ1n) is 7.55. The molecule has 2 N–H and O–H groups in total. The molecule has 0 bridgehead atoms. The second-order valence-corrected chi connectivity index (χ2v) is 6.69. The van der Waals surface area contributed by atoms with E-state index in [9.17, 15) is 19.1 Å². The molecule has 134 valence electrons. The monoisotopic (exact) mass is 468 g/mol. The number of rotatable bonds is 4. The van der Waals surface area contributed by atoms with E-state index in [1.54, 1.807) is 18.2 Å². The number of halogens is 2. The highest BCUT2D eigenvalue weighted by Gasteiger charge is 2.34. The summed E-state index contributed by atoms with van der Waals surface area (Å²) in [4.78, 5) is 25.6. The number of hydrogen-bond donors (Lipinski definition) is 2. The number of methoxy groups -OCH3 is 1. The molecule has 1 heterocycles. The van der Waals surface area contributed by atoms with Crippen LogP contribution >= 0.6 is 22.6 Å². The zero-order chi connectivity index (χ0) is 18.8. The maximum atomic E-state index is 13.8. The summed E-state index contributed by atoms with van der Waals surface area (Å²) in [5.41, 5.74) is 0.883. The summed E-state index contributed by atoms with van der Waals surface area (Å²) in [6.45, 7) is -0.162. The van der Waals surface area contributed by atoms with E-state index >= 15 is 0 Å². The Balaban J connectivity index is 1.88. The standard InChI is InChI=1S/C18H14FIN2O4/c1-26-15-8-10(6-13(20)16(15)23)7-14-17(24)22(18(25)21-14)9-11-4-2-3-5-12(11)19/h2-8,23H,9H2,1H3,(H,21,25)/b14-7+. The van der Waals surface area contributed by atoms with Gasteiger partial charge in [0.25, 0.3) is 5.91 Å². The summed E-state index contributed by atoms with van der Waals surface area (Å²) in [5, 5.41) is 12.4. The lowest BCUT2D eigenvalue weighted by Gasteiger charge is -2.12. The van der Waals surface area contributed by atoms with Crippen molar-refractivity contribution in [3.05, 3.63) is 62.6 Å². The molecule has 1 aliphatic rings. The van der Waals surface area contributed by atoms with E-state index in [0.717, 1.165) is 4.90 Å². The number of phenolic OH excluding ortho intramolecular Hbond substituents is 1. The van der Waals surface area contributed by atoms with Crippen LogP contribution in [0.25, 0.3) is 6.08 Å². The normalized spacial score (nSPS) is 15.5. The van der Waals surface area contributed by atoms with Gasteiger partial charge in [0.2, 0.25) is 0 Å². The molecule has 0 aliphatic carbocycles. The third kappa shape index (κ3) is 3.50. The third-order valence-electron chi connectivity index (χ3n) is 3.83. The van der Waals surface area contributed by atoms with Crippen LogP contribution < -0.4 is 10.1 Å². The molecule has 0 atom stereocenters. The van der Waals surface area contributed by atoms with Gasteiger partial charge in [-0.05, 0) is 52.4 Å². The number of carbonyl (C=O) groups is 2.